The molecule has 0 aliphatic carbocycles. The van der Waals surface area contributed by atoms with Gasteiger partial charge in [-0.25, -0.2) is 0 Å². The minimum atomic E-state index is -4.50. The van der Waals surface area contributed by atoms with Gasteiger partial charge in [-0.2, -0.15) is 18.2 Å². The summed E-state index contributed by atoms with van der Waals surface area (Å²) < 4.78 is 43.0. The molecular formula is C12H10F3N3O. The number of ether oxygens (including phenoxy) is 1. The molecular weight excluding hydrogens is 259 g/mol. The Balaban J connectivity index is 2.30. The van der Waals surface area contributed by atoms with Gasteiger partial charge in [0, 0.05) is 11.8 Å². The lowest BCUT2D eigenvalue weighted by molar-refractivity contribution is -0.137. The highest BCUT2D eigenvalue weighted by atomic mass is 19.4. The first-order valence-corrected chi connectivity index (χ1v) is 5.30. The van der Waals surface area contributed by atoms with Crippen LogP contribution in [0.5, 0.6) is 11.6 Å². The quantitative estimate of drug-likeness (QED) is 0.909. The van der Waals surface area contributed by atoms with Gasteiger partial charge in [-0.15, -0.1) is 0 Å². The zero-order valence-corrected chi connectivity index (χ0v) is 9.90. The molecule has 0 unspecified atom stereocenters. The number of aryl methyl sites for hydroxylation is 1. The summed E-state index contributed by atoms with van der Waals surface area (Å²) in [6, 6.07) is 4.79. The van der Waals surface area contributed by atoms with Crippen molar-refractivity contribution in [3.8, 4) is 11.6 Å². The second-order valence-corrected chi connectivity index (χ2v) is 3.85. The molecule has 0 fully saturated rings. The lowest BCUT2D eigenvalue weighted by Gasteiger charge is -2.10. The summed E-state index contributed by atoms with van der Waals surface area (Å²) in [5.41, 5.74) is 5.19. The number of hydrogen-bond acceptors (Lipinski definition) is 4. The molecule has 2 aromatic rings. The van der Waals surface area contributed by atoms with E-state index in [-0.39, 0.29) is 17.4 Å². The molecule has 2 heterocycles. The molecule has 0 amide bonds. The summed E-state index contributed by atoms with van der Waals surface area (Å²) in [4.78, 5) is 7.66. The van der Waals surface area contributed by atoms with Crippen LogP contribution in [0.2, 0.25) is 0 Å². The van der Waals surface area contributed by atoms with Crippen LogP contribution in [0.1, 0.15) is 11.3 Å². The van der Waals surface area contributed by atoms with Crippen LogP contribution >= 0.6 is 0 Å². The highest BCUT2D eigenvalue weighted by Gasteiger charge is 2.31. The molecule has 2 N–H and O–H groups in total. The number of nitrogens with two attached hydrogens (primary N) is 1. The molecule has 0 saturated carbocycles. The summed E-state index contributed by atoms with van der Waals surface area (Å²) >= 11 is 0. The molecule has 0 spiro atoms. The predicted octanol–water partition coefficient (Wildman–Crippen LogP) is 3.18. The van der Waals surface area contributed by atoms with E-state index in [1.807, 2.05) is 0 Å². The van der Waals surface area contributed by atoms with Crippen LogP contribution in [0, 0.1) is 6.92 Å². The molecule has 0 radical (unpaired) electrons. The molecule has 7 heteroatoms. The topological polar surface area (TPSA) is 61.0 Å². The number of hydrogen-bond donors (Lipinski definition) is 1. The van der Waals surface area contributed by atoms with Crippen molar-refractivity contribution in [1.82, 2.24) is 9.97 Å². The fourth-order valence-corrected chi connectivity index (χ4v) is 1.38. The smallest absolute Gasteiger partial charge is 0.416 e. The van der Waals surface area contributed by atoms with Gasteiger partial charge in [0.05, 0.1) is 11.8 Å². The maximum Gasteiger partial charge on any atom is 0.416 e. The second-order valence-electron chi connectivity index (χ2n) is 3.85. The Labute approximate surface area is 107 Å². The van der Waals surface area contributed by atoms with E-state index in [2.05, 4.69) is 9.97 Å². The number of pyridine rings is 2. The van der Waals surface area contributed by atoms with Gasteiger partial charge in [-0.1, -0.05) is 0 Å². The first kappa shape index (κ1) is 13.1. The van der Waals surface area contributed by atoms with Gasteiger partial charge in [0.2, 0.25) is 5.88 Å². The van der Waals surface area contributed by atoms with E-state index in [0.29, 0.717) is 0 Å². The number of anilines is 1. The Morgan fingerprint density at radius 1 is 1.21 bits per heavy atom. The summed E-state index contributed by atoms with van der Waals surface area (Å²) in [5.74, 6) is -0.195. The van der Waals surface area contributed by atoms with Gasteiger partial charge >= 0.3 is 6.18 Å². The van der Waals surface area contributed by atoms with Crippen LogP contribution in [0.3, 0.4) is 0 Å². The normalized spacial score (nSPS) is 11.4. The number of nitrogen functional groups attached to an aromatic ring is 1. The van der Waals surface area contributed by atoms with Gasteiger partial charge in [-0.3, -0.25) is 4.98 Å². The van der Waals surface area contributed by atoms with Crippen molar-refractivity contribution in [2.75, 3.05) is 5.73 Å². The summed E-state index contributed by atoms with van der Waals surface area (Å²) in [5, 5.41) is 0. The van der Waals surface area contributed by atoms with Gasteiger partial charge in [0.25, 0.3) is 0 Å². The van der Waals surface area contributed by atoms with E-state index in [0.717, 1.165) is 17.8 Å². The van der Waals surface area contributed by atoms with Gasteiger partial charge in [0.15, 0.2) is 0 Å². The lowest BCUT2D eigenvalue weighted by Crippen LogP contribution is -2.07. The van der Waals surface area contributed by atoms with Crippen molar-refractivity contribution < 1.29 is 17.9 Å². The maximum atomic E-state index is 12.6. The lowest BCUT2D eigenvalue weighted by atomic mass is 10.2. The first-order valence-electron chi connectivity index (χ1n) is 5.30. The molecule has 2 rings (SSSR count). The predicted molar refractivity (Wildman–Crippen MR) is 62.7 cm³/mol. The Morgan fingerprint density at radius 3 is 2.53 bits per heavy atom. The van der Waals surface area contributed by atoms with Crippen LogP contribution in [-0.2, 0) is 6.18 Å². The molecule has 0 bridgehead atoms. The standard InChI is InChI=1S/C12H10F3N3O/c1-7-2-3-9(6-17-7)19-11-5-8(12(13,14)15)4-10(16)18-11/h2-6H,1H3,(H2,16,18). The minimum Gasteiger partial charge on any atom is -0.437 e. The number of halogens is 3. The molecule has 19 heavy (non-hydrogen) atoms. The molecule has 0 saturated heterocycles. The number of rotatable bonds is 2. The molecule has 100 valence electrons. The van der Waals surface area contributed by atoms with Crippen molar-refractivity contribution in [3.05, 3.63) is 41.7 Å². The highest BCUT2D eigenvalue weighted by molar-refractivity contribution is 5.40. The van der Waals surface area contributed by atoms with E-state index in [4.69, 9.17) is 10.5 Å². The Kier molecular flexibility index (Phi) is 3.28. The summed E-state index contributed by atoms with van der Waals surface area (Å²) in [6.45, 7) is 1.78. The van der Waals surface area contributed by atoms with E-state index in [9.17, 15) is 13.2 Å². The third kappa shape index (κ3) is 3.34. The van der Waals surface area contributed by atoms with Crippen molar-refractivity contribution in [1.29, 1.82) is 0 Å². The zero-order valence-electron chi connectivity index (χ0n) is 9.90. The fourth-order valence-electron chi connectivity index (χ4n) is 1.38. The minimum absolute atomic E-state index is 0.224. The fraction of sp³-hybridized carbons (Fsp3) is 0.167. The van der Waals surface area contributed by atoms with E-state index in [1.54, 1.807) is 19.1 Å². The monoisotopic (exact) mass is 269 g/mol. The third-order valence-corrected chi connectivity index (χ3v) is 2.26. The molecule has 0 aromatic carbocycles. The Bertz CT molecular complexity index is 582. The van der Waals surface area contributed by atoms with Gasteiger partial charge in [-0.05, 0) is 25.1 Å². The largest absolute Gasteiger partial charge is 0.437 e. The van der Waals surface area contributed by atoms with Crippen LogP contribution in [-0.4, -0.2) is 9.97 Å². The third-order valence-electron chi connectivity index (χ3n) is 2.26. The molecule has 0 atom stereocenters. The van der Waals surface area contributed by atoms with Gasteiger partial charge < -0.3 is 10.5 Å². The average molecular weight is 269 g/mol. The second kappa shape index (κ2) is 4.75. The van der Waals surface area contributed by atoms with Crippen molar-refractivity contribution >= 4 is 5.82 Å². The van der Waals surface area contributed by atoms with E-state index >= 15 is 0 Å². The zero-order chi connectivity index (χ0) is 14.0. The average Bonchev–Trinajstić information content (AvgIpc) is 2.30. The van der Waals surface area contributed by atoms with Crippen molar-refractivity contribution in [2.24, 2.45) is 0 Å². The summed E-state index contributed by atoms with van der Waals surface area (Å²) in [7, 11) is 0. The number of nitrogens with zero attached hydrogens (tertiary/aromatic N) is 2. The molecule has 0 aliphatic heterocycles. The highest BCUT2D eigenvalue weighted by Crippen LogP contribution is 2.33. The van der Waals surface area contributed by atoms with Crippen LogP contribution in [0.4, 0.5) is 19.0 Å². The SMILES string of the molecule is Cc1ccc(Oc2cc(C(F)(F)F)cc(N)n2)cn1. The molecule has 4 nitrogen and oxygen atoms in total. The van der Waals surface area contributed by atoms with Crippen LogP contribution in [0.25, 0.3) is 0 Å². The van der Waals surface area contributed by atoms with E-state index in [1.165, 1.54) is 6.20 Å². The Hall–Kier alpha value is -2.31. The van der Waals surface area contributed by atoms with Crippen molar-refractivity contribution in [3.63, 3.8) is 0 Å². The first-order chi connectivity index (χ1) is 8.84. The molecule has 0 aliphatic rings. The Morgan fingerprint density at radius 2 is 1.95 bits per heavy atom. The van der Waals surface area contributed by atoms with Gasteiger partial charge in [0.1, 0.15) is 11.6 Å². The van der Waals surface area contributed by atoms with Crippen LogP contribution in [0.15, 0.2) is 30.5 Å². The maximum absolute atomic E-state index is 12.6. The number of alkyl halides is 3. The number of aromatic nitrogens is 2. The summed E-state index contributed by atoms with van der Waals surface area (Å²) in [6.07, 6.45) is -3.10. The van der Waals surface area contributed by atoms with Crippen LogP contribution < -0.4 is 10.5 Å². The van der Waals surface area contributed by atoms with Crippen molar-refractivity contribution in [2.45, 2.75) is 13.1 Å². The molecule has 2 aromatic heterocycles. The van der Waals surface area contributed by atoms with E-state index < -0.39 is 11.7 Å².